The van der Waals surface area contributed by atoms with Crippen LogP contribution in [0.1, 0.15) is 5.56 Å². The molecule has 84 valence electrons. The van der Waals surface area contributed by atoms with E-state index in [1.54, 1.807) is 12.1 Å². The average Bonchev–Trinajstić information content (AvgIpc) is 2.70. The van der Waals surface area contributed by atoms with E-state index in [1.165, 1.54) is 13.2 Å². The molecule has 1 aromatic rings. The maximum atomic E-state index is 11.2. The lowest BCUT2D eigenvalue weighted by Crippen LogP contribution is -2.26. The zero-order valence-electron chi connectivity index (χ0n) is 8.50. The van der Waals surface area contributed by atoms with Crippen LogP contribution in [0.3, 0.4) is 0 Å². The Bertz CT molecular complexity index is 457. The van der Waals surface area contributed by atoms with Crippen LogP contribution in [0.4, 0.5) is 5.69 Å². The molecule has 1 heterocycles. The molecule has 1 aliphatic rings. The smallest absolute Gasteiger partial charge is 0.347 e. The van der Waals surface area contributed by atoms with Gasteiger partial charge in [-0.15, -0.1) is 0 Å². The summed E-state index contributed by atoms with van der Waals surface area (Å²) in [5.74, 6) is -0.353. The maximum absolute atomic E-state index is 11.2. The van der Waals surface area contributed by atoms with E-state index >= 15 is 0 Å². The van der Waals surface area contributed by atoms with Gasteiger partial charge in [-0.25, -0.2) is 4.79 Å². The van der Waals surface area contributed by atoms with Gasteiger partial charge in [0.05, 0.1) is 12.0 Å². The molecule has 1 aliphatic heterocycles. The number of carbonyl (C=O) groups excluding carboxylic acids is 1. The van der Waals surface area contributed by atoms with E-state index in [-0.39, 0.29) is 11.4 Å². The molecule has 2 rings (SSSR count). The molecule has 0 aromatic heterocycles. The van der Waals surface area contributed by atoms with Crippen LogP contribution >= 0.6 is 0 Å². The number of nitrogens with zero attached hydrogens (tertiary/aromatic N) is 1. The average molecular weight is 223 g/mol. The minimum Gasteiger partial charge on any atom is -0.471 e. The fourth-order valence-electron chi connectivity index (χ4n) is 1.66. The van der Waals surface area contributed by atoms with Gasteiger partial charge >= 0.3 is 11.7 Å². The first-order chi connectivity index (χ1) is 7.63. The number of para-hydroxylation sites is 1. The Morgan fingerprint density at radius 1 is 1.62 bits per heavy atom. The number of hydrogen-bond donors (Lipinski definition) is 0. The molecular formula is C10H9NO5. The van der Waals surface area contributed by atoms with E-state index in [0.717, 1.165) is 0 Å². The number of ether oxygens (including phenoxy) is 2. The van der Waals surface area contributed by atoms with E-state index in [1.807, 2.05) is 0 Å². The van der Waals surface area contributed by atoms with Gasteiger partial charge in [0.2, 0.25) is 5.75 Å². The van der Waals surface area contributed by atoms with Crippen LogP contribution in [-0.4, -0.2) is 24.1 Å². The van der Waals surface area contributed by atoms with E-state index in [0.29, 0.717) is 12.0 Å². The van der Waals surface area contributed by atoms with Crippen LogP contribution < -0.4 is 4.74 Å². The van der Waals surface area contributed by atoms with Gasteiger partial charge in [0.1, 0.15) is 0 Å². The van der Waals surface area contributed by atoms with Gasteiger partial charge in [-0.3, -0.25) is 10.1 Å². The molecule has 1 atom stereocenters. The van der Waals surface area contributed by atoms with Crippen molar-refractivity contribution in [2.24, 2.45) is 0 Å². The maximum Gasteiger partial charge on any atom is 0.347 e. The number of fused-ring (bicyclic) bond motifs is 1. The summed E-state index contributed by atoms with van der Waals surface area (Å²) in [6.45, 7) is 0. The molecule has 1 aromatic carbocycles. The lowest BCUT2D eigenvalue weighted by molar-refractivity contribution is -0.385. The van der Waals surface area contributed by atoms with E-state index in [2.05, 4.69) is 4.74 Å². The summed E-state index contributed by atoms with van der Waals surface area (Å²) < 4.78 is 9.77. The van der Waals surface area contributed by atoms with Gasteiger partial charge in [0, 0.05) is 18.1 Å². The number of nitro benzene ring substituents is 1. The molecule has 6 nitrogen and oxygen atoms in total. The Balaban J connectivity index is 2.34. The third-order valence-electron chi connectivity index (χ3n) is 2.40. The molecule has 0 amide bonds. The van der Waals surface area contributed by atoms with Gasteiger partial charge in [-0.05, 0) is 0 Å². The number of nitro groups is 1. The fraction of sp³-hybridized carbons (Fsp3) is 0.300. The summed E-state index contributed by atoms with van der Waals surface area (Å²) in [7, 11) is 1.25. The summed E-state index contributed by atoms with van der Waals surface area (Å²) in [4.78, 5) is 21.4. The Labute approximate surface area is 90.9 Å². The molecule has 16 heavy (non-hydrogen) atoms. The topological polar surface area (TPSA) is 78.7 Å². The number of hydrogen-bond acceptors (Lipinski definition) is 5. The Morgan fingerprint density at radius 2 is 2.38 bits per heavy atom. The Kier molecular flexibility index (Phi) is 2.47. The van der Waals surface area contributed by atoms with E-state index in [4.69, 9.17) is 4.74 Å². The van der Waals surface area contributed by atoms with Gasteiger partial charge in [0.15, 0.2) is 6.10 Å². The molecule has 6 heteroatoms. The second-order valence-corrected chi connectivity index (χ2v) is 3.36. The molecule has 0 aliphatic carbocycles. The molecule has 0 unspecified atom stereocenters. The van der Waals surface area contributed by atoms with Crippen molar-refractivity contribution < 1.29 is 19.2 Å². The standard InChI is InChI=1S/C10H9NO5/c1-15-10(12)8-5-6-3-2-4-7(11(13)14)9(6)16-8/h2-4,8H,5H2,1H3/t8-/m0/s1. The van der Waals surface area contributed by atoms with Crippen LogP contribution in [0.2, 0.25) is 0 Å². The van der Waals surface area contributed by atoms with Crippen molar-refractivity contribution in [1.82, 2.24) is 0 Å². The predicted octanol–water partition coefficient (Wildman–Crippen LogP) is 1.07. The molecule has 0 radical (unpaired) electrons. The fourth-order valence-corrected chi connectivity index (χ4v) is 1.66. The number of carbonyl (C=O) groups is 1. The van der Waals surface area contributed by atoms with Crippen LogP contribution in [0, 0.1) is 10.1 Å². The van der Waals surface area contributed by atoms with Crippen LogP contribution in [-0.2, 0) is 16.0 Å². The third-order valence-corrected chi connectivity index (χ3v) is 2.40. The van der Waals surface area contributed by atoms with Gasteiger partial charge in [0.25, 0.3) is 0 Å². The van der Waals surface area contributed by atoms with Crippen molar-refractivity contribution in [3.8, 4) is 5.75 Å². The highest BCUT2D eigenvalue weighted by Crippen LogP contribution is 2.37. The summed E-state index contributed by atoms with van der Waals surface area (Å²) >= 11 is 0. The highest BCUT2D eigenvalue weighted by Gasteiger charge is 2.34. The number of methoxy groups -OCH3 is 1. The van der Waals surface area contributed by atoms with Gasteiger partial charge in [-0.1, -0.05) is 12.1 Å². The Morgan fingerprint density at radius 3 is 3.00 bits per heavy atom. The third kappa shape index (κ3) is 1.58. The number of benzene rings is 1. The molecular weight excluding hydrogens is 214 g/mol. The molecule has 0 N–H and O–H groups in total. The molecule has 0 fully saturated rings. The second-order valence-electron chi connectivity index (χ2n) is 3.36. The van der Waals surface area contributed by atoms with Gasteiger partial charge < -0.3 is 9.47 Å². The first kappa shape index (κ1) is 10.4. The molecule has 0 saturated heterocycles. The van der Waals surface area contributed by atoms with Crippen molar-refractivity contribution in [1.29, 1.82) is 0 Å². The van der Waals surface area contributed by atoms with Crippen molar-refractivity contribution in [2.45, 2.75) is 12.5 Å². The highest BCUT2D eigenvalue weighted by molar-refractivity contribution is 5.77. The predicted molar refractivity (Wildman–Crippen MR) is 53.2 cm³/mol. The highest BCUT2D eigenvalue weighted by atomic mass is 16.6. The van der Waals surface area contributed by atoms with Crippen LogP contribution in [0.25, 0.3) is 0 Å². The Hall–Kier alpha value is -2.11. The minimum atomic E-state index is -0.777. The summed E-state index contributed by atoms with van der Waals surface area (Å²) in [5.41, 5.74) is 0.536. The lowest BCUT2D eigenvalue weighted by Gasteiger charge is -2.06. The van der Waals surface area contributed by atoms with E-state index < -0.39 is 17.0 Å². The summed E-state index contributed by atoms with van der Waals surface area (Å²) in [6.07, 6.45) is -0.468. The van der Waals surface area contributed by atoms with E-state index in [9.17, 15) is 14.9 Å². The second kappa shape index (κ2) is 3.80. The van der Waals surface area contributed by atoms with Crippen molar-refractivity contribution in [2.75, 3.05) is 7.11 Å². The molecule has 0 bridgehead atoms. The largest absolute Gasteiger partial charge is 0.471 e. The minimum absolute atomic E-state index is 0.121. The monoisotopic (exact) mass is 223 g/mol. The summed E-state index contributed by atoms with van der Waals surface area (Å²) in [5, 5.41) is 10.7. The SMILES string of the molecule is COC(=O)[C@@H]1Cc2cccc([N+](=O)[O-])c2O1. The zero-order valence-corrected chi connectivity index (χ0v) is 8.50. The van der Waals surface area contributed by atoms with Crippen LogP contribution in [0.5, 0.6) is 5.75 Å². The van der Waals surface area contributed by atoms with Crippen molar-refractivity contribution in [3.63, 3.8) is 0 Å². The van der Waals surface area contributed by atoms with Crippen LogP contribution in [0.15, 0.2) is 18.2 Å². The summed E-state index contributed by atoms with van der Waals surface area (Å²) in [6, 6.07) is 4.61. The normalized spacial score (nSPS) is 17.4. The molecule has 0 saturated carbocycles. The number of esters is 1. The van der Waals surface area contributed by atoms with Crippen molar-refractivity contribution >= 4 is 11.7 Å². The quantitative estimate of drug-likeness (QED) is 0.425. The first-order valence-corrected chi connectivity index (χ1v) is 4.64. The number of rotatable bonds is 2. The first-order valence-electron chi connectivity index (χ1n) is 4.64. The van der Waals surface area contributed by atoms with Gasteiger partial charge in [-0.2, -0.15) is 0 Å². The lowest BCUT2D eigenvalue weighted by atomic mass is 10.1. The zero-order chi connectivity index (χ0) is 11.7. The molecule has 0 spiro atoms. The van der Waals surface area contributed by atoms with Crippen molar-refractivity contribution in [3.05, 3.63) is 33.9 Å².